The molecule has 17 nitrogen and oxygen atoms in total. The molecule has 0 saturated carbocycles. The fourth-order valence-corrected chi connectivity index (χ4v) is 14.8. The lowest BCUT2D eigenvalue weighted by Crippen LogP contribution is -2.30. The van der Waals surface area contributed by atoms with Crippen LogP contribution in [0.3, 0.4) is 0 Å². The second-order valence-corrected chi connectivity index (χ2v) is 33.7. The quantitative estimate of drug-likeness (QED) is 0.0222. The summed E-state index contributed by atoms with van der Waals surface area (Å²) in [5.41, 5.74) is 0. The lowest BCUT2D eigenvalue weighted by Gasteiger charge is -2.21. The van der Waals surface area contributed by atoms with Crippen LogP contribution in [0.1, 0.15) is 458 Å². The van der Waals surface area contributed by atoms with Crippen molar-refractivity contribution in [2.24, 2.45) is 5.92 Å². The van der Waals surface area contributed by atoms with Crippen molar-refractivity contribution in [3.05, 3.63) is 0 Å². The Kier molecular flexibility index (Phi) is 76.3. The number of hydrogen-bond acceptors (Lipinski definition) is 15. The first-order valence-corrected chi connectivity index (χ1v) is 47.2. The number of phosphoric ester groups is 2. The van der Waals surface area contributed by atoms with Crippen LogP contribution in [0.15, 0.2) is 0 Å². The third kappa shape index (κ3) is 76.8. The summed E-state index contributed by atoms with van der Waals surface area (Å²) < 4.78 is 68.8. The van der Waals surface area contributed by atoms with E-state index in [1.54, 1.807) is 0 Å². The lowest BCUT2D eigenvalue weighted by molar-refractivity contribution is -0.161. The molecule has 0 heterocycles. The molecule has 3 unspecified atom stereocenters. The van der Waals surface area contributed by atoms with Crippen LogP contribution in [0, 0.1) is 5.92 Å². The van der Waals surface area contributed by atoms with Crippen molar-refractivity contribution in [2.75, 3.05) is 39.6 Å². The predicted molar refractivity (Wildman–Crippen MR) is 428 cm³/mol. The highest BCUT2D eigenvalue weighted by molar-refractivity contribution is 7.47. The number of carbonyl (C=O) groups is 4. The molecule has 0 bridgehead atoms. The minimum Gasteiger partial charge on any atom is -0.462 e. The predicted octanol–water partition coefficient (Wildman–Crippen LogP) is 26.0. The topological polar surface area (TPSA) is 237 Å². The molecule has 0 amide bonds. The van der Waals surface area contributed by atoms with Crippen LogP contribution >= 0.6 is 15.6 Å². The lowest BCUT2D eigenvalue weighted by atomic mass is 9.99. The van der Waals surface area contributed by atoms with Crippen LogP contribution in [0.4, 0.5) is 0 Å². The van der Waals surface area contributed by atoms with E-state index in [2.05, 4.69) is 34.6 Å². The summed E-state index contributed by atoms with van der Waals surface area (Å²) in [5, 5.41) is 10.7. The number of hydrogen-bond donors (Lipinski definition) is 3. The summed E-state index contributed by atoms with van der Waals surface area (Å²) in [6.07, 6.45) is 70.9. The molecule has 0 aromatic rings. The van der Waals surface area contributed by atoms with Crippen LogP contribution in [0.25, 0.3) is 0 Å². The van der Waals surface area contributed by atoms with Crippen molar-refractivity contribution in [1.29, 1.82) is 0 Å². The highest BCUT2D eigenvalue weighted by Crippen LogP contribution is 2.45. The van der Waals surface area contributed by atoms with Crippen molar-refractivity contribution in [2.45, 2.75) is 477 Å². The second-order valence-electron chi connectivity index (χ2n) is 30.8. The molecule has 0 aromatic carbocycles. The minimum atomic E-state index is -4.96. The van der Waals surface area contributed by atoms with E-state index in [4.69, 9.17) is 37.0 Å². The smallest absolute Gasteiger partial charge is 0.462 e. The van der Waals surface area contributed by atoms with Gasteiger partial charge in [-0.1, -0.05) is 407 Å². The van der Waals surface area contributed by atoms with E-state index in [0.717, 1.165) is 95.8 Å². The fourth-order valence-electron chi connectivity index (χ4n) is 13.3. The second kappa shape index (κ2) is 77.8. The average Bonchev–Trinajstić information content (AvgIpc) is 0.944. The van der Waals surface area contributed by atoms with Crippen LogP contribution < -0.4 is 0 Å². The molecular formula is C85H166O17P2. The average molecular weight is 1520 g/mol. The molecular weight excluding hydrogens is 1350 g/mol. The molecule has 0 radical (unpaired) electrons. The van der Waals surface area contributed by atoms with Gasteiger partial charge in [0.05, 0.1) is 26.4 Å². The molecule has 0 aliphatic heterocycles. The Labute approximate surface area is 638 Å². The summed E-state index contributed by atoms with van der Waals surface area (Å²) in [6, 6.07) is 0. The normalized spacial score (nSPS) is 14.0. The number of aliphatic hydroxyl groups excluding tert-OH is 1. The van der Waals surface area contributed by atoms with Gasteiger partial charge in [0.15, 0.2) is 12.2 Å². The number of esters is 4. The van der Waals surface area contributed by atoms with Crippen LogP contribution in [0.2, 0.25) is 0 Å². The Bertz CT molecular complexity index is 1980. The Hall–Kier alpha value is -1.94. The Morgan fingerprint density at radius 3 is 0.683 bits per heavy atom. The standard InChI is InChI=1S/C85H166O17P2/c1-6-10-13-16-19-22-25-28-30-32-34-35-36-37-39-41-43-46-49-55-60-65-70-84(89)101-80(74-95-83(88)69-64-59-54-48-45-42-40-38-33-31-29-26-23-20-17-14-11-7-2)76-99-103(91,92)97-72-79(86)73-98-104(93,94)100-77-81(102-85(90)71-66-61-56-51-50-52-57-62-67-78(5)9-4)75-96-82(87)68-63-58-53-47-44-27-24-21-18-15-12-8-3/h78-81,86H,6-77H2,1-5H3,(H,91,92)(H,93,94)/t78?,79-,80-,81-/m1/s1. The van der Waals surface area contributed by atoms with Gasteiger partial charge in [0.25, 0.3) is 0 Å². The van der Waals surface area contributed by atoms with Gasteiger partial charge in [-0.25, -0.2) is 9.13 Å². The summed E-state index contributed by atoms with van der Waals surface area (Å²) in [6.45, 7) is 7.35. The van der Waals surface area contributed by atoms with Gasteiger partial charge in [-0.05, 0) is 31.6 Å². The number of rotatable bonds is 85. The van der Waals surface area contributed by atoms with Crippen molar-refractivity contribution in [3.63, 3.8) is 0 Å². The van der Waals surface area contributed by atoms with Crippen LogP contribution in [0.5, 0.6) is 0 Å². The van der Waals surface area contributed by atoms with E-state index in [0.29, 0.717) is 25.7 Å². The Morgan fingerprint density at radius 1 is 0.269 bits per heavy atom. The zero-order valence-electron chi connectivity index (χ0n) is 68.2. The molecule has 0 aliphatic carbocycles. The van der Waals surface area contributed by atoms with E-state index in [1.165, 1.54) is 283 Å². The van der Waals surface area contributed by atoms with E-state index in [-0.39, 0.29) is 25.7 Å². The first-order chi connectivity index (χ1) is 50.6. The monoisotopic (exact) mass is 1520 g/mol. The maximum atomic E-state index is 13.1. The molecule has 618 valence electrons. The van der Waals surface area contributed by atoms with Gasteiger partial charge in [0.2, 0.25) is 0 Å². The third-order valence-electron chi connectivity index (χ3n) is 20.4. The van der Waals surface area contributed by atoms with Crippen LogP contribution in [-0.4, -0.2) is 96.7 Å². The molecule has 0 aliphatic rings. The number of aliphatic hydroxyl groups is 1. The van der Waals surface area contributed by atoms with E-state index in [1.807, 2.05) is 0 Å². The van der Waals surface area contributed by atoms with Gasteiger partial charge in [-0.3, -0.25) is 37.3 Å². The largest absolute Gasteiger partial charge is 0.472 e. The number of carbonyl (C=O) groups excluding carboxylic acids is 4. The number of ether oxygens (including phenoxy) is 4. The molecule has 0 spiro atoms. The Balaban J connectivity index is 5.22. The Morgan fingerprint density at radius 2 is 0.462 bits per heavy atom. The number of unbranched alkanes of at least 4 members (excludes halogenated alkanes) is 56. The maximum Gasteiger partial charge on any atom is 0.472 e. The van der Waals surface area contributed by atoms with Crippen molar-refractivity contribution in [1.82, 2.24) is 0 Å². The summed E-state index contributed by atoms with van der Waals surface area (Å²) in [4.78, 5) is 73.2. The molecule has 0 aromatic heterocycles. The first kappa shape index (κ1) is 102. The van der Waals surface area contributed by atoms with Gasteiger partial charge < -0.3 is 33.8 Å². The van der Waals surface area contributed by atoms with E-state index < -0.39 is 97.5 Å². The summed E-state index contributed by atoms with van der Waals surface area (Å²) in [5.74, 6) is -1.33. The first-order valence-electron chi connectivity index (χ1n) is 44.2. The molecule has 0 saturated heterocycles. The molecule has 0 fully saturated rings. The van der Waals surface area contributed by atoms with Gasteiger partial charge in [0, 0.05) is 25.7 Å². The fraction of sp³-hybridized carbons (Fsp3) is 0.953. The van der Waals surface area contributed by atoms with Crippen molar-refractivity contribution in [3.8, 4) is 0 Å². The maximum absolute atomic E-state index is 13.1. The van der Waals surface area contributed by atoms with Crippen molar-refractivity contribution >= 4 is 39.5 Å². The summed E-state index contributed by atoms with van der Waals surface area (Å²) >= 11 is 0. The third-order valence-corrected chi connectivity index (χ3v) is 22.3. The van der Waals surface area contributed by atoms with Gasteiger partial charge in [-0.15, -0.1) is 0 Å². The zero-order valence-corrected chi connectivity index (χ0v) is 70.0. The van der Waals surface area contributed by atoms with E-state index >= 15 is 0 Å². The highest BCUT2D eigenvalue weighted by atomic mass is 31.2. The zero-order chi connectivity index (χ0) is 76.2. The SMILES string of the molecule is CCCCCCCCCCCCCCCCCCCCCCCCC(=O)O[C@H](COC(=O)CCCCCCCCCCCCCCCCCCCC)COP(=O)(O)OC[C@@H](O)COP(=O)(O)OC[C@@H](COC(=O)CCCCCCCCCCCCCC)OC(=O)CCCCCCCCCCC(C)CC. The van der Waals surface area contributed by atoms with Crippen LogP contribution in [-0.2, 0) is 65.4 Å². The highest BCUT2D eigenvalue weighted by Gasteiger charge is 2.30. The van der Waals surface area contributed by atoms with Gasteiger partial charge >= 0.3 is 39.5 Å². The molecule has 6 atom stereocenters. The molecule has 19 heteroatoms. The van der Waals surface area contributed by atoms with Gasteiger partial charge in [0.1, 0.15) is 19.3 Å². The van der Waals surface area contributed by atoms with Gasteiger partial charge in [-0.2, -0.15) is 0 Å². The van der Waals surface area contributed by atoms with Crippen molar-refractivity contribution < 1.29 is 80.2 Å². The molecule has 0 rings (SSSR count). The minimum absolute atomic E-state index is 0.106. The molecule has 3 N–H and O–H groups in total. The molecule has 104 heavy (non-hydrogen) atoms. The summed E-state index contributed by atoms with van der Waals surface area (Å²) in [7, 11) is -9.92. The number of phosphoric acid groups is 2. The van der Waals surface area contributed by atoms with E-state index in [9.17, 15) is 43.2 Å².